The predicted octanol–water partition coefficient (Wildman–Crippen LogP) is 3.27. The van der Waals surface area contributed by atoms with Crippen LogP contribution in [0.2, 0.25) is 0 Å². The molecule has 10 heteroatoms. The Morgan fingerprint density at radius 3 is 2.00 bits per heavy atom. The number of rotatable bonds is 17. The Morgan fingerprint density at radius 2 is 1.46 bits per heavy atom. The molecule has 2 rings (SSSR count). The molecule has 0 saturated heterocycles. The number of aliphatic carboxylic acids is 2. The molecule has 0 radical (unpaired) electrons. The van der Waals surface area contributed by atoms with Gasteiger partial charge in [-0.2, -0.15) is 0 Å². The lowest BCUT2D eigenvalue weighted by Crippen LogP contribution is -2.23. The molecule has 202 valence electrons. The van der Waals surface area contributed by atoms with E-state index in [4.69, 9.17) is 10.2 Å². The predicted molar refractivity (Wildman–Crippen MR) is 140 cm³/mol. The molecule has 2 atom stereocenters. The van der Waals surface area contributed by atoms with E-state index >= 15 is 0 Å². The number of sulfone groups is 1. The van der Waals surface area contributed by atoms with Gasteiger partial charge in [0, 0.05) is 18.4 Å². The lowest BCUT2D eigenvalue weighted by atomic mass is 9.97. The molecule has 0 bridgehead atoms. The van der Waals surface area contributed by atoms with Crippen molar-refractivity contribution >= 4 is 33.7 Å². The number of anilines is 1. The second kappa shape index (κ2) is 14.5. The molecule has 2 aromatic carbocycles. The number of aryl methyl sites for hydroxylation is 2. The highest BCUT2D eigenvalue weighted by Gasteiger charge is 2.24. The van der Waals surface area contributed by atoms with Gasteiger partial charge in [0.2, 0.25) is 0 Å². The summed E-state index contributed by atoms with van der Waals surface area (Å²) in [7, 11) is -3.09. The summed E-state index contributed by atoms with van der Waals surface area (Å²) < 4.78 is 22.5. The van der Waals surface area contributed by atoms with E-state index in [1.807, 2.05) is 48.5 Å². The highest BCUT2D eigenvalue weighted by atomic mass is 32.2. The van der Waals surface area contributed by atoms with Crippen molar-refractivity contribution in [1.82, 2.24) is 0 Å². The maximum absolute atomic E-state index is 11.3. The summed E-state index contributed by atoms with van der Waals surface area (Å²) in [6.07, 6.45) is 3.91. The molecule has 0 aliphatic rings. The van der Waals surface area contributed by atoms with Gasteiger partial charge in [0.15, 0.2) is 5.92 Å². The minimum absolute atomic E-state index is 0.0357. The molecule has 2 unspecified atom stereocenters. The van der Waals surface area contributed by atoms with E-state index in [2.05, 4.69) is 5.32 Å². The van der Waals surface area contributed by atoms with Crippen LogP contribution in [0.15, 0.2) is 48.5 Å². The van der Waals surface area contributed by atoms with E-state index in [1.54, 1.807) is 0 Å². The van der Waals surface area contributed by atoms with Gasteiger partial charge in [-0.25, -0.2) is 8.42 Å². The molecule has 0 aliphatic heterocycles. The van der Waals surface area contributed by atoms with Crippen LogP contribution in [0, 0.1) is 5.92 Å². The second-order valence-corrected chi connectivity index (χ2v) is 11.5. The average molecular weight is 534 g/mol. The Labute approximate surface area is 217 Å². The standard InChI is InChI=1S/C27H35NO8S/c1-37(35,36)18-16-23(30)14-9-20-7-12-22(13-8-20)28-25(15-17-29)21-10-5-19(6-11-21)3-2-4-24(26(31)32)27(33)34/h5-8,10-13,17,23-25,28,30H,2-4,9,14-16,18H2,1H3,(H,31,32)(H,33,34). The monoisotopic (exact) mass is 533 g/mol. The Morgan fingerprint density at radius 1 is 0.892 bits per heavy atom. The Hall–Kier alpha value is -3.24. The molecule has 0 aliphatic carbocycles. The zero-order valence-corrected chi connectivity index (χ0v) is 21.7. The van der Waals surface area contributed by atoms with E-state index in [1.165, 1.54) is 0 Å². The van der Waals surface area contributed by atoms with Gasteiger partial charge in [-0.3, -0.25) is 9.59 Å². The van der Waals surface area contributed by atoms with Crippen molar-refractivity contribution < 1.29 is 38.1 Å². The van der Waals surface area contributed by atoms with Crippen molar-refractivity contribution in [3.05, 3.63) is 65.2 Å². The quantitative estimate of drug-likeness (QED) is 0.177. The van der Waals surface area contributed by atoms with Crippen molar-refractivity contribution in [1.29, 1.82) is 0 Å². The normalized spacial score (nSPS) is 13.2. The maximum atomic E-state index is 11.3. The number of hydrogen-bond acceptors (Lipinski definition) is 7. The highest BCUT2D eigenvalue weighted by Crippen LogP contribution is 2.24. The third kappa shape index (κ3) is 11.1. The first-order chi connectivity index (χ1) is 17.5. The number of benzene rings is 2. The van der Waals surface area contributed by atoms with Gasteiger partial charge in [-0.05, 0) is 67.3 Å². The minimum atomic E-state index is -3.09. The number of carbonyl (C=O) groups is 3. The molecular formula is C27H35NO8S. The first kappa shape index (κ1) is 30.0. The number of carboxylic acids is 2. The van der Waals surface area contributed by atoms with Gasteiger partial charge in [0.1, 0.15) is 16.1 Å². The van der Waals surface area contributed by atoms with Crippen LogP contribution in [0.5, 0.6) is 0 Å². The van der Waals surface area contributed by atoms with Crippen LogP contribution < -0.4 is 5.32 Å². The number of hydrogen-bond donors (Lipinski definition) is 4. The fourth-order valence-corrected chi connectivity index (χ4v) is 4.65. The summed E-state index contributed by atoms with van der Waals surface area (Å²) in [5, 5.41) is 31.3. The summed E-state index contributed by atoms with van der Waals surface area (Å²) in [5.41, 5.74) is 3.69. The zero-order valence-electron chi connectivity index (χ0n) is 20.9. The van der Waals surface area contributed by atoms with Crippen LogP contribution in [-0.2, 0) is 37.1 Å². The highest BCUT2D eigenvalue weighted by molar-refractivity contribution is 7.90. The summed E-state index contributed by atoms with van der Waals surface area (Å²) in [6.45, 7) is 0. The Kier molecular flexibility index (Phi) is 11.7. The van der Waals surface area contributed by atoms with E-state index in [-0.39, 0.29) is 31.1 Å². The number of aliphatic hydroxyl groups is 1. The Balaban J connectivity index is 1.91. The number of carboxylic acid groups (broad SMARTS) is 2. The molecule has 0 fully saturated rings. The molecule has 0 saturated carbocycles. The van der Waals surface area contributed by atoms with E-state index in [0.717, 1.165) is 34.9 Å². The van der Waals surface area contributed by atoms with Crippen LogP contribution in [0.4, 0.5) is 5.69 Å². The van der Waals surface area contributed by atoms with Crippen LogP contribution in [0.25, 0.3) is 0 Å². The third-order valence-electron chi connectivity index (χ3n) is 6.15. The summed E-state index contributed by atoms with van der Waals surface area (Å²) in [5.74, 6) is -4.11. The maximum Gasteiger partial charge on any atom is 0.317 e. The SMILES string of the molecule is CS(=O)(=O)CCC(O)CCc1ccc(NC(CC=O)c2ccc(CCCC(C(=O)O)C(=O)O)cc2)cc1. The van der Waals surface area contributed by atoms with E-state index < -0.39 is 33.8 Å². The van der Waals surface area contributed by atoms with Crippen molar-refractivity contribution in [2.45, 2.75) is 57.1 Å². The molecule has 2 aromatic rings. The molecule has 0 aromatic heterocycles. The van der Waals surface area contributed by atoms with Crippen molar-refractivity contribution in [3.8, 4) is 0 Å². The van der Waals surface area contributed by atoms with Crippen LogP contribution >= 0.6 is 0 Å². The summed E-state index contributed by atoms with van der Waals surface area (Å²) >= 11 is 0. The van der Waals surface area contributed by atoms with Crippen LogP contribution in [0.3, 0.4) is 0 Å². The molecule has 0 amide bonds. The molecule has 4 N–H and O–H groups in total. The first-order valence-corrected chi connectivity index (χ1v) is 14.2. The fraction of sp³-hybridized carbons (Fsp3) is 0.444. The topological polar surface area (TPSA) is 158 Å². The molecule has 0 spiro atoms. The number of aliphatic hydroxyl groups excluding tert-OH is 1. The average Bonchev–Trinajstić information content (AvgIpc) is 2.84. The largest absolute Gasteiger partial charge is 0.481 e. The van der Waals surface area contributed by atoms with Gasteiger partial charge in [-0.1, -0.05) is 36.4 Å². The van der Waals surface area contributed by atoms with Gasteiger partial charge in [0.05, 0.1) is 17.9 Å². The third-order valence-corrected chi connectivity index (χ3v) is 7.13. The second-order valence-electron chi connectivity index (χ2n) is 9.27. The van der Waals surface area contributed by atoms with Gasteiger partial charge in [-0.15, -0.1) is 0 Å². The molecule has 37 heavy (non-hydrogen) atoms. The van der Waals surface area contributed by atoms with E-state index in [9.17, 15) is 27.9 Å². The molecular weight excluding hydrogens is 498 g/mol. The van der Waals surface area contributed by atoms with Gasteiger partial charge < -0.3 is 25.4 Å². The molecule has 0 heterocycles. The lowest BCUT2D eigenvalue weighted by molar-refractivity contribution is -0.154. The Bertz CT molecular complexity index is 1120. The lowest BCUT2D eigenvalue weighted by Gasteiger charge is -2.19. The van der Waals surface area contributed by atoms with Crippen molar-refractivity contribution in [3.63, 3.8) is 0 Å². The van der Waals surface area contributed by atoms with E-state index in [0.29, 0.717) is 25.7 Å². The zero-order chi connectivity index (χ0) is 27.4. The minimum Gasteiger partial charge on any atom is -0.481 e. The van der Waals surface area contributed by atoms with Crippen molar-refractivity contribution in [2.75, 3.05) is 17.3 Å². The number of aldehydes is 1. The smallest absolute Gasteiger partial charge is 0.317 e. The fourth-order valence-electron chi connectivity index (χ4n) is 3.95. The number of nitrogens with one attached hydrogen (secondary N) is 1. The van der Waals surface area contributed by atoms with Crippen LogP contribution in [-0.4, -0.2) is 60.1 Å². The van der Waals surface area contributed by atoms with Gasteiger partial charge >= 0.3 is 11.9 Å². The number of carbonyl (C=O) groups excluding carboxylic acids is 1. The summed E-state index contributed by atoms with van der Waals surface area (Å²) in [4.78, 5) is 33.3. The van der Waals surface area contributed by atoms with Gasteiger partial charge in [0.25, 0.3) is 0 Å². The van der Waals surface area contributed by atoms with Crippen LogP contribution in [0.1, 0.15) is 54.8 Å². The first-order valence-electron chi connectivity index (χ1n) is 12.2. The molecule has 9 nitrogen and oxygen atoms in total. The van der Waals surface area contributed by atoms with Crippen molar-refractivity contribution in [2.24, 2.45) is 5.92 Å². The summed E-state index contributed by atoms with van der Waals surface area (Å²) in [6, 6.07) is 15.0.